The fourth-order valence-corrected chi connectivity index (χ4v) is 1.60. The highest BCUT2D eigenvalue weighted by molar-refractivity contribution is 5.98. The molecule has 0 amide bonds. The lowest BCUT2D eigenvalue weighted by Gasteiger charge is -1.91. The van der Waals surface area contributed by atoms with Crippen LogP contribution in [0.4, 0.5) is 0 Å². The van der Waals surface area contributed by atoms with E-state index in [1.807, 2.05) is 6.07 Å². The van der Waals surface area contributed by atoms with Crippen LogP contribution in [-0.4, -0.2) is 0 Å². The Labute approximate surface area is 64.3 Å². The summed E-state index contributed by atoms with van der Waals surface area (Å²) in [5.74, 6) is 0.996. The Kier molecular flexibility index (Phi) is 0.737. The summed E-state index contributed by atoms with van der Waals surface area (Å²) in [6.07, 6.45) is 10.1. The molecule has 0 unspecified atom stereocenters. The van der Waals surface area contributed by atoms with Gasteiger partial charge in [0.2, 0.25) is 0 Å². The third kappa shape index (κ3) is 0.511. The molecule has 0 fully saturated rings. The van der Waals surface area contributed by atoms with Gasteiger partial charge in [0.1, 0.15) is 5.76 Å². The summed E-state index contributed by atoms with van der Waals surface area (Å²) in [6, 6.07) is 2.01. The molecule has 0 spiro atoms. The van der Waals surface area contributed by atoms with Gasteiger partial charge >= 0.3 is 0 Å². The van der Waals surface area contributed by atoms with Crippen LogP contribution in [0.3, 0.4) is 0 Å². The molecule has 1 nitrogen and oxygen atoms in total. The minimum absolute atomic E-state index is 0.996. The maximum Gasteiger partial charge on any atom is 0.135 e. The van der Waals surface area contributed by atoms with E-state index in [9.17, 15) is 0 Å². The molecule has 2 aliphatic rings. The van der Waals surface area contributed by atoms with Crippen molar-refractivity contribution in [3.63, 3.8) is 0 Å². The fraction of sp³-hybridized carbons (Fsp3) is 0. The van der Waals surface area contributed by atoms with E-state index in [0.29, 0.717) is 0 Å². The minimum Gasteiger partial charge on any atom is -0.464 e. The second-order valence-electron chi connectivity index (χ2n) is 2.74. The van der Waals surface area contributed by atoms with E-state index < -0.39 is 0 Å². The molecule has 1 aromatic heterocycles. The van der Waals surface area contributed by atoms with Crippen molar-refractivity contribution >= 4 is 11.6 Å². The number of rotatable bonds is 0. The zero-order valence-corrected chi connectivity index (χ0v) is 5.87. The second kappa shape index (κ2) is 1.56. The van der Waals surface area contributed by atoms with Gasteiger partial charge in [-0.25, -0.2) is 0 Å². The first-order valence-corrected chi connectivity index (χ1v) is 3.63. The molecule has 1 heteroatoms. The van der Waals surface area contributed by atoms with Crippen LogP contribution in [0.15, 0.2) is 40.5 Å². The molecule has 0 bridgehead atoms. The number of allylic oxidation sites excluding steroid dienone is 5. The molecule has 52 valence electrons. The van der Waals surface area contributed by atoms with E-state index in [2.05, 4.69) is 24.3 Å². The molecular formula is C10H6O. The van der Waals surface area contributed by atoms with Crippen molar-refractivity contribution in [2.24, 2.45) is 0 Å². The molecule has 1 aromatic rings. The lowest BCUT2D eigenvalue weighted by molar-refractivity contribution is 0.557. The Bertz CT molecular complexity index is 402. The van der Waals surface area contributed by atoms with Crippen molar-refractivity contribution in [1.29, 1.82) is 0 Å². The molecule has 0 radical (unpaired) electrons. The van der Waals surface area contributed by atoms with Crippen LogP contribution < -0.4 is 0 Å². The molecule has 0 saturated heterocycles. The third-order valence-electron chi connectivity index (χ3n) is 2.12. The van der Waals surface area contributed by atoms with Gasteiger partial charge in [0.15, 0.2) is 0 Å². The second-order valence-corrected chi connectivity index (χ2v) is 2.74. The maximum absolute atomic E-state index is 5.26. The van der Waals surface area contributed by atoms with Crippen molar-refractivity contribution in [1.82, 2.24) is 0 Å². The highest BCUT2D eigenvalue weighted by Crippen LogP contribution is 2.39. The molecule has 0 N–H and O–H groups in total. The Morgan fingerprint density at radius 2 is 2.27 bits per heavy atom. The molecule has 0 atom stereocenters. The van der Waals surface area contributed by atoms with Crippen LogP contribution in [0.2, 0.25) is 0 Å². The number of hydrogen-bond donors (Lipinski definition) is 0. The van der Waals surface area contributed by atoms with Crippen molar-refractivity contribution in [2.45, 2.75) is 0 Å². The van der Waals surface area contributed by atoms with E-state index in [1.165, 1.54) is 16.7 Å². The Morgan fingerprint density at radius 3 is 3.27 bits per heavy atom. The topological polar surface area (TPSA) is 13.1 Å². The first-order chi connectivity index (χ1) is 5.45. The van der Waals surface area contributed by atoms with E-state index >= 15 is 0 Å². The van der Waals surface area contributed by atoms with E-state index in [-0.39, 0.29) is 0 Å². The minimum atomic E-state index is 0.996. The van der Waals surface area contributed by atoms with Crippen LogP contribution in [0.5, 0.6) is 0 Å². The van der Waals surface area contributed by atoms with Crippen molar-refractivity contribution in [3.8, 4) is 0 Å². The average molecular weight is 142 g/mol. The van der Waals surface area contributed by atoms with Gasteiger partial charge in [0.05, 0.1) is 6.26 Å². The zero-order chi connectivity index (χ0) is 7.26. The lowest BCUT2D eigenvalue weighted by atomic mass is 10.1. The number of fused-ring (bicyclic) bond motifs is 3. The molecule has 1 heterocycles. The Balaban J connectivity index is 2.36. The normalized spacial score (nSPS) is 17.8. The van der Waals surface area contributed by atoms with Gasteiger partial charge in [-0.05, 0) is 23.3 Å². The van der Waals surface area contributed by atoms with Crippen LogP contribution in [0.1, 0.15) is 11.3 Å². The standard InChI is InChI=1S/C10H6O/c1-2-7-6-10-9(4-5-11-10)8(7)3-1/h1-6H. The van der Waals surface area contributed by atoms with Gasteiger partial charge in [-0.3, -0.25) is 0 Å². The molecule has 3 rings (SSSR count). The molecule has 0 saturated carbocycles. The summed E-state index contributed by atoms with van der Waals surface area (Å²) in [5, 5.41) is 0. The van der Waals surface area contributed by atoms with Crippen LogP contribution in [-0.2, 0) is 0 Å². The Hall–Kier alpha value is -1.50. The van der Waals surface area contributed by atoms with Crippen molar-refractivity contribution in [2.75, 3.05) is 0 Å². The van der Waals surface area contributed by atoms with Gasteiger partial charge in [0, 0.05) is 5.56 Å². The molecule has 0 aliphatic heterocycles. The smallest absolute Gasteiger partial charge is 0.135 e. The lowest BCUT2D eigenvalue weighted by Crippen LogP contribution is -1.72. The zero-order valence-electron chi connectivity index (χ0n) is 5.87. The van der Waals surface area contributed by atoms with Crippen LogP contribution in [0.25, 0.3) is 11.6 Å². The highest BCUT2D eigenvalue weighted by atomic mass is 16.3. The van der Waals surface area contributed by atoms with E-state index in [1.54, 1.807) is 6.26 Å². The monoisotopic (exact) mass is 142 g/mol. The molecular weight excluding hydrogens is 136 g/mol. The van der Waals surface area contributed by atoms with Gasteiger partial charge in [0.25, 0.3) is 0 Å². The number of furan rings is 1. The summed E-state index contributed by atoms with van der Waals surface area (Å²) in [4.78, 5) is 0. The largest absolute Gasteiger partial charge is 0.464 e. The average Bonchev–Trinajstić information content (AvgIpc) is 2.52. The van der Waals surface area contributed by atoms with E-state index in [0.717, 1.165) is 5.76 Å². The predicted molar refractivity (Wildman–Crippen MR) is 43.8 cm³/mol. The molecule has 11 heavy (non-hydrogen) atoms. The Morgan fingerprint density at radius 1 is 1.27 bits per heavy atom. The fourth-order valence-electron chi connectivity index (χ4n) is 1.60. The predicted octanol–water partition coefficient (Wildman–Crippen LogP) is 2.63. The number of hydrogen-bond acceptors (Lipinski definition) is 1. The first kappa shape index (κ1) is 5.19. The summed E-state index contributed by atoms with van der Waals surface area (Å²) in [7, 11) is 0. The van der Waals surface area contributed by atoms with Crippen molar-refractivity contribution < 1.29 is 4.42 Å². The van der Waals surface area contributed by atoms with Gasteiger partial charge < -0.3 is 4.42 Å². The van der Waals surface area contributed by atoms with Gasteiger partial charge in [-0.1, -0.05) is 18.2 Å². The summed E-state index contributed by atoms with van der Waals surface area (Å²) in [6.45, 7) is 0. The van der Waals surface area contributed by atoms with Crippen molar-refractivity contribution in [3.05, 3.63) is 47.5 Å². The SMILES string of the molecule is C1=CC2=Cc3occc3C2=C1. The molecule has 2 aliphatic carbocycles. The van der Waals surface area contributed by atoms with Crippen LogP contribution in [0, 0.1) is 0 Å². The van der Waals surface area contributed by atoms with Gasteiger partial charge in [-0.2, -0.15) is 0 Å². The van der Waals surface area contributed by atoms with E-state index in [4.69, 9.17) is 4.42 Å². The summed E-state index contributed by atoms with van der Waals surface area (Å²) in [5.41, 5.74) is 3.80. The highest BCUT2D eigenvalue weighted by Gasteiger charge is 2.20. The summed E-state index contributed by atoms with van der Waals surface area (Å²) >= 11 is 0. The van der Waals surface area contributed by atoms with Gasteiger partial charge in [-0.15, -0.1) is 0 Å². The maximum atomic E-state index is 5.26. The summed E-state index contributed by atoms with van der Waals surface area (Å²) < 4.78 is 5.26. The van der Waals surface area contributed by atoms with Crippen LogP contribution >= 0.6 is 0 Å². The third-order valence-corrected chi connectivity index (χ3v) is 2.12. The quantitative estimate of drug-likeness (QED) is 0.542. The molecule has 0 aromatic carbocycles. The first-order valence-electron chi connectivity index (χ1n) is 3.63.